The van der Waals surface area contributed by atoms with E-state index in [0.29, 0.717) is 5.92 Å². The number of rotatable bonds is 20. The van der Waals surface area contributed by atoms with Crippen LogP contribution in [0.3, 0.4) is 0 Å². The molecule has 0 amide bonds. The zero-order valence-electron chi connectivity index (χ0n) is 27.9. The number of hydrogen-bond acceptors (Lipinski definition) is 4. The highest BCUT2D eigenvalue weighted by atomic mass is 16.5. The monoisotopic (exact) mass is 584 g/mol. The second-order valence-corrected chi connectivity index (χ2v) is 12.0. The third-order valence-corrected chi connectivity index (χ3v) is 8.12. The van der Waals surface area contributed by atoms with Crippen molar-refractivity contribution in [2.45, 2.75) is 125 Å². The summed E-state index contributed by atoms with van der Waals surface area (Å²) in [5.74, 6) is 2.26. The highest BCUT2D eigenvalue weighted by Gasteiger charge is 2.12. The molecule has 43 heavy (non-hydrogen) atoms. The fraction of sp³-hybridized carbons (Fsp3) is 0.538. The molecule has 0 atom stereocenters. The van der Waals surface area contributed by atoms with E-state index >= 15 is 0 Å². The predicted octanol–water partition coefficient (Wildman–Crippen LogP) is 12.7. The van der Waals surface area contributed by atoms with E-state index in [4.69, 9.17) is 19.7 Å². The van der Waals surface area contributed by atoms with Crippen LogP contribution in [-0.4, -0.2) is 13.2 Å². The van der Waals surface area contributed by atoms with Crippen molar-refractivity contribution >= 4 is 11.4 Å². The lowest BCUT2D eigenvalue weighted by molar-refractivity contribution is 0.300. The summed E-state index contributed by atoms with van der Waals surface area (Å²) in [7, 11) is 0. The lowest BCUT2D eigenvalue weighted by atomic mass is 9.95. The Morgan fingerprint density at radius 2 is 1.19 bits per heavy atom. The molecule has 0 heterocycles. The van der Waals surface area contributed by atoms with Crippen LogP contribution in [0, 0.1) is 0 Å². The molecular formula is C39H56N2O2. The van der Waals surface area contributed by atoms with Gasteiger partial charge in [-0.2, -0.15) is 5.11 Å². The van der Waals surface area contributed by atoms with Gasteiger partial charge in [-0.05, 0) is 102 Å². The summed E-state index contributed by atoms with van der Waals surface area (Å²) in [4.78, 5) is 0. The van der Waals surface area contributed by atoms with Crippen LogP contribution in [0.1, 0.15) is 128 Å². The van der Waals surface area contributed by atoms with Gasteiger partial charge in [0.15, 0.2) is 0 Å². The number of ether oxygens (including phenoxy) is 2. The fourth-order valence-electron chi connectivity index (χ4n) is 5.38. The largest absolute Gasteiger partial charge is 0.494 e. The van der Waals surface area contributed by atoms with Crippen molar-refractivity contribution in [2.75, 3.05) is 13.2 Å². The van der Waals surface area contributed by atoms with Crippen LogP contribution in [0.2, 0.25) is 0 Å². The van der Waals surface area contributed by atoms with Gasteiger partial charge < -0.3 is 9.47 Å². The molecule has 0 aliphatic carbocycles. The Bertz CT molecular complexity index is 1220. The zero-order chi connectivity index (χ0) is 30.9. The van der Waals surface area contributed by atoms with E-state index in [1.165, 1.54) is 72.8 Å². The molecule has 0 unspecified atom stereocenters. The lowest BCUT2D eigenvalue weighted by Crippen LogP contribution is -2.01. The molecule has 0 saturated carbocycles. The molecule has 0 aliphatic heterocycles. The first-order chi connectivity index (χ1) is 21.0. The van der Waals surface area contributed by atoms with Gasteiger partial charge in [-0.15, -0.1) is 5.11 Å². The fourth-order valence-corrected chi connectivity index (χ4v) is 5.38. The maximum absolute atomic E-state index is 6.24. The topological polar surface area (TPSA) is 43.2 Å². The molecule has 0 N–H and O–H groups in total. The number of hydrogen-bond donors (Lipinski definition) is 0. The predicted molar refractivity (Wildman–Crippen MR) is 184 cm³/mol. The summed E-state index contributed by atoms with van der Waals surface area (Å²) < 4.78 is 12.1. The minimum absolute atomic E-state index is 0.351. The molecule has 234 valence electrons. The van der Waals surface area contributed by atoms with Gasteiger partial charge in [-0.3, -0.25) is 0 Å². The Balaban J connectivity index is 1.69. The van der Waals surface area contributed by atoms with Crippen molar-refractivity contribution in [3.63, 3.8) is 0 Å². The molecule has 0 radical (unpaired) electrons. The summed E-state index contributed by atoms with van der Waals surface area (Å²) >= 11 is 0. The van der Waals surface area contributed by atoms with Crippen LogP contribution in [0.25, 0.3) is 11.1 Å². The van der Waals surface area contributed by atoms with Crippen molar-refractivity contribution < 1.29 is 9.47 Å². The minimum Gasteiger partial charge on any atom is -0.494 e. The van der Waals surface area contributed by atoms with E-state index in [1.54, 1.807) is 0 Å². The number of benzene rings is 3. The van der Waals surface area contributed by atoms with Gasteiger partial charge in [0.25, 0.3) is 0 Å². The van der Waals surface area contributed by atoms with E-state index in [1.807, 2.05) is 6.07 Å². The molecule has 0 saturated heterocycles. The molecule has 0 fully saturated rings. The lowest BCUT2D eigenvalue weighted by Gasteiger charge is -2.15. The summed E-state index contributed by atoms with van der Waals surface area (Å²) in [6.07, 6.45) is 14.5. The molecule has 3 aromatic carbocycles. The minimum atomic E-state index is 0.351. The maximum Gasteiger partial charge on any atom is 0.122 e. The molecule has 0 spiro atoms. The molecule has 0 bridgehead atoms. The number of nitrogens with zero attached hydrogens (tertiary/aromatic N) is 2. The zero-order valence-corrected chi connectivity index (χ0v) is 27.9. The van der Waals surface area contributed by atoms with Gasteiger partial charge >= 0.3 is 0 Å². The standard InChI is InChI=1S/C39H56N2O2/c1-7-11-13-14-15-16-17-18-26-43-38-24-21-35(29-37(38)30(5)6)40-41-39-31(9-3)27-34(28-32(39)10-4)33-19-22-36(23-20-33)42-25-12-8-2/h19-24,27-30H,7-18,25-26H2,1-6H3/b41-40+. The summed E-state index contributed by atoms with van der Waals surface area (Å²) in [5.41, 5.74) is 7.91. The van der Waals surface area contributed by atoms with Crippen LogP contribution in [-0.2, 0) is 12.8 Å². The van der Waals surface area contributed by atoms with Gasteiger partial charge in [-0.25, -0.2) is 0 Å². The first kappa shape index (κ1) is 34.4. The summed E-state index contributed by atoms with van der Waals surface area (Å²) in [6.45, 7) is 14.8. The van der Waals surface area contributed by atoms with Crippen molar-refractivity contribution in [3.8, 4) is 22.6 Å². The summed E-state index contributed by atoms with van der Waals surface area (Å²) in [6, 6.07) is 19.3. The van der Waals surface area contributed by atoms with Crippen LogP contribution < -0.4 is 9.47 Å². The van der Waals surface area contributed by atoms with Crippen molar-refractivity contribution in [1.82, 2.24) is 0 Å². The van der Waals surface area contributed by atoms with E-state index in [9.17, 15) is 0 Å². The third kappa shape index (κ3) is 11.1. The Morgan fingerprint density at radius 3 is 1.79 bits per heavy atom. The van der Waals surface area contributed by atoms with Crippen LogP contribution in [0.4, 0.5) is 11.4 Å². The molecule has 3 aromatic rings. The Hall–Kier alpha value is -3.14. The van der Waals surface area contributed by atoms with E-state index in [0.717, 1.165) is 68.2 Å². The Morgan fingerprint density at radius 1 is 0.581 bits per heavy atom. The number of aryl methyl sites for hydroxylation is 2. The SMILES string of the molecule is CCCCCCCCCCOc1ccc(/N=N/c2c(CC)cc(-c3ccc(OCCCC)cc3)cc2CC)cc1C(C)C. The quantitative estimate of drug-likeness (QED) is 0.0979. The molecule has 0 aromatic heterocycles. The first-order valence-corrected chi connectivity index (χ1v) is 17.1. The average molecular weight is 585 g/mol. The van der Waals surface area contributed by atoms with Crippen molar-refractivity contribution in [3.05, 3.63) is 71.3 Å². The number of unbranched alkanes of at least 4 members (excludes halogenated alkanes) is 8. The summed E-state index contributed by atoms with van der Waals surface area (Å²) in [5, 5.41) is 9.56. The van der Waals surface area contributed by atoms with E-state index in [-0.39, 0.29) is 0 Å². The molecule has 4 heteroatoms. The third-order valence-electron chi connectivity index (χ3n) is 8.12. The van der Waals surface area contributed by atoms with Gasteiger partial charge in [0.1, 0.15) is 11.5 Å². The second-order valence-electron chi connectivity index (χ2n) is 12.0. The maximum atomic E-state index is 6.24. The van der Waals surface area contributed by atoms with Gasteiger partial charge in [-0.1, -0.05) is 105 Å². The highest BCUT2D eigenvalue weighted by Crippen LogP contribution is 2.36. The molecule has 0 aliphatic rings. The normalized spacial score (nSPS) is 11.5. The first-order valence-electron chi connectivity index (χ1n) is 17.1. The smallest absolute Gasteiger partial charge is 0.122 e. The Kier molecular flexibility index (Phi) is 15.3. The van der Waals surface area contributed by atoms with Gasteiger partial charge in [0.2, 0.25) is 0 Å². The van der Waals surface area contributed by atoms with Crippen LogP contribution in [0.15, 0.2) is 64.8 Å². The molecule has 3 rings (SSSR count). The van der Waals surface area contributed by atoms with E-state index < -0.39 is 0 Å². The van der Waals surface area contributed by atoms with Crippen molar-refractivity contribution in [1.29, 1.82) is 0 Å². The van der Waals surface area contributed by atoms with E-state index in [2.05, 4.69) is 90.1 Å². The van der Waals surface area contributed by atoms with Crippen LogP contribution in [0.5, 0.6) is 11.5 Å². The average Bonchev–Trinajstić information content (AvgIpc) is 3.03. The van der Waals surface area contributed by atoms with Crippen LogP contribution >= 0.6 is 0 Å². The highest BCUT2D eigenvalue weighted by molar-refractivity contribution is 5.71. The van der Waals surface area contributed by atoms with Crippen molar-refractivity contribution in [2.24, 2.45) is 10.2 Å². The second kappa shape index (κ2) is 19.2. The Labute approximate surface area is 262 Å². The molecule has 4 nitrogen and oxygen atoms in total. The molecular weight excluding hydrogens is 528 g/mol. The van der Waals surface area contributed by atoms with Gasteiger partial charge in [0, 0.05) is 0 Å². The number of azo groups is 1. The van der Waals surface area contributed by atoms with Gasteiger partial charge in [0.05, 0.1) is 24.6 Å².